The van der Waals surface area contributed by atoms with Crippen LogP contribution in [-0.2, 0) is 0 Å². The zero-order valence-corrected chi connectivity index (χ0v) is 4.78. The molecule has 6 heavy (non-hydrogen) atoms. The Morgan fingerprint density at radius 2 is 2.50 bits per heavy atom. The first kappa shape index (κ1) is 6.02. The third-order valence-electron chi connectivity index (χ3n) is 0.441. The fraction of sp³-hybridized carbons (Fsp3) is 0.750. The number of rotatable bonds is 2. The van der Waals surface area contributed by atoms with Crippen molar-refractivity contribution in [2.24, 2.45) is 4.99 Å². The van der Waals surface area contributed by atoms with E-state index >= 15 is 0 Å². The van der Waals surface area contributed by atoms with Crippen molar-refractivity contribution in [3.05, 3.63) is 0 Å². The molecule has 0 atom stereocenters. The van der Waals surface area contributed by atoms with Crippen LogP contribution in [0.4, 0.5) is 0 Å². The zero-order valence-electron chi connectivity index (χ0n) is 3.89. The first-order valence-electron chi connectivity index (χ1n) is 1.93. The minimum absolute atomic E-state index is 0.900. The molecule has 2 heteroatoms. The van der Waals surface area contributed by atoms with Crippen molar-refractivity contribution in [1.82, 2.24) is 0 Å². The Bertz CT molecular complexity index is 42.8. The monoisotopic (exact) mass is 103 g/mol. The predicted molar refractivity (Wildman–Crippen MR) is 32.9 cm³/mol. The maximum atomic E-state index is 3.96. The summed E-state index contributed by atoms with van der Waals surface area (Å²) in [6.07, 6.45) is 2.84. The minimum atomic E-state index is 0.900. The first-order chi connectivity index (χ1) is 2.91. The van der Waals surface area contributed by atoms with Gasteiger partial charge in [-0.2, -0.15) is 12.6 Å². The second kappa shape index (κ2) is 5.02. The molecule has 0 rings (SSSR count). The predicted octanol–water partition coefficient (Wildman–Crippen LogP) is 1.01. The lowest BCUT2D eigenvalue weighted by Gasteiger charge is -1.75. The van der Waals surface area contributed by atoms with Gasteiger partial charge in [-0.3, -0.25) is 0 Å². The molecule has 0 saturated carbocycles. The summed E-state index contributed by atoms with van der Waals surface area (Å²) in [5.41, 5.74) is 0. The smallest absolute Gasteiger partial charge is 0.0273 e. The van der Waals surface area contributed by atoms with E-state index in [-0.39, 0.29) is 0 Å². The Morgan fingerprint density at radius 3 is 2.67 bits per heavy atom. The van der Waals surface area contributed by atoms with Crippen molar-refractivity contribution in [1.29, 1.82) is 0 Å². The lowest BCUT2D eigenvalue weighted by molar-refractivity contribution is 1.32. The molecule has 0 aliphatic heterocycles. The van der Waals surface area contributed by atoms with Gasteiger partial charge in [0.25, 0.3) is 0 Å². The Hall–Kier alpha value is 0.0200. The van der Waals surface area contributed by atoms with Gasteiger partial charge in [-0.25, -0.2) is 0 Å². The average molecular weight is 103 g/mol. The van der Waals surface area contributed by atoms with E-state index in [0.717, 1.165) is 12.2 Å². The average Bonchev–Trinajstić information content (AvgIpc) is 1.61. The number of hydrogen-bond acceptors (Lipinski definition) is 2. The molecule has 0 aliphatic rings. The molecule has 0 aromatic rings. The Kier molecular flexibility index (Phi) is 5.04. The van der Waals surface area contributed by atoms with E-state index in [1.54, 1.807) is 7.05 Å². The highest BCUT2D eigenvalue weighted by atomic mass is 32.1. The summed E-state index contributed by atoms with van der Waals surface area (Å²) in [5.74, 6) is 0.900. The van der Waals surface area contributed by atoms with Crippen LogP contribution < -0.4 is 0 Å². The van der Waals surface area contributed by atoms with Gasteiger partial charge in [0.05, 0.1) is 0 Å². The number of thiol groups is 1. The Labute approximate surface area is 43.9 Å². The molecule has 0 unspecified atom stereocenters. The van der Waals surface area contributed by atoms with Crippen LogP contribution in [0.3, 0.4) is 0 Å². The molecule has 0 aliphatic carbocycles. The van der Waals surface area contributed by atoms with Crippen molar-refractivity contribution in [2.45, 2.75) is 6.42 Å². The van der Waals surface area contributed by atoms with E-state index in [9.17, 15) is 0 Å². The molecule has 0 bridgehead atoms. The third-order valence-corrected chi connectivity index (χ3v) is 0.699. The first-order valence-corrected chi connectivity index (χ1v) is 2.56. The SMILES string of the molecule is CN=CCCS. The topological polar surface area (TPSA) is 12.4 Å². The van der Waals surface area contributed by atoms with E-state index in [0.29, 0.717) is 0 Å². The van der Waals surface area contributed by atoms with Crippen LogP contribution in [0.2, 0.25) is 0 Å². The fourth-order valence-corrected chi connectivity index (χ4v) is 0.302. The maximum absolute atomic E-state index is 3.96. The van der Waals surface area contributed by atoms with Crippen molar-refractivity contribution in [2.75, 3.05) is 12.8 Å². The van der Waals surface area contributed by atoms with E-state index < -0.39 is 0 Å². The van der Waals surface area contributed by atoms with E-state index in [2.05, 4.69) is 17.6 Å². The van der Waals surface area contributed by atoms with Crippen molar-refractivity contribution < 1.29 is 0 Å². The molecule has 0 aromatic carbocycles. The summed E-state index contributed by atoms with van der Waals surface area (Å²) in [4.78, 5) is 3.75. The Morgan fingerprint density at radius 1 is 1.83 bits per heavy atom. The molecule has 0 aromatic heterocycles. The number of aliphatic imine (C=N–C) groups is 1. The minimum Gasteiger partial charge on any atom is -0.301 e. The van der Waals surface area contributed by atoms with E-state index in [4.69, 9.17) is 0 Å². The second-order valence-electron chi connectivity index (χ2n) is 0.953. The lowest BCUT2D eigenvalue weighted by Crippen LogP contribution is -1.72. The second-order valence-corrected chi connectivity index (χ2v) is 1.40. The van der Waals surface area contributed by atoms with Gasteiger partial charge >= 0.3 is 0 Å². The molecule has 0 saturated heterocycles. The van der Waals surface area contributed by atoms with Gasteiger partial charge in [0.15, 0.2) is 0 Å². The Balaban J connectivity index is 2.66. The highest BCUT2D eigenvalue weighted by molar-refractivity contribution is 7.80. The number of nitrogens with zero attached hydrogens (tertiary/aromatic N) is 1. The van der Waals surface area contributed by atoms with Crippen LogP contribution in [0.15, 0.2) is 4.99 Å². The molecular formula is C4H9NS. The molecule has 0 N–H and O–H groups in total. The molecule has 0 radical (unpaired) electrons. The summed E-state index contributed by atoms with van der Waals surface area (Å²) >= 11 is 3.96. The van der Waals surface area contributed by atoms with Crippen LogP contribution in [0, 0.1) is 0 Å². The summed E-state index contributed by atoms with van der Waals surface area (Å²) in [6.45, 7) is 0. The lowest BCUT2D eigenvalue weighted by atomic mass is 10.5. The molecular weight excluding hydrogens is 94.1 g/mol. The highest BCUT2D eigenvalue weighted by Gasteiger charge is 1.66. The van der Waals surface area contributed by atoms with Gasteiger partial charge in [-0.15, -0.1) is 0 Å². The van der Waals surface area contributed by atoms with Gasteiger partial charge in [0.1, 0.15) is 0 Å². The molecule has 0 heterocycles. The van der Waals surface area contributed by atoms with Crippen molar-refractivity contribution in [3.8, 4) is 0 Å². The van der Waals surface area contributed by atoms with Crippen LogP contribution in [0.5, 0.6) is 0 Å². The van der Waals surface area contributed by atoms with E-state index in [1.165, 1.54) is 0 Å². The van der Waals surface area contributed by atoms with Crippen LogP contribution in [0.25, 0.3) is 0 Å². The normalized spacial score (nSPS) is 10.3. The molecule has 0 spiro atoms. The standard InChI is InChI=1S/C4H9NS/c1-5-3-2-4-6/h3,6H,2,4H2,1H3. The number of hydrogen-bond donors (Lipinski definition) is 1. The third kappa shape index (κ3) is 4.02. The van der Waals surface area contributed by atoms with Gasteiger partial charge in [-0.05, 0) is 18.4 Å². The maximum Gasteiger partial charge on any atom is 0.0273 e. The molecule has 1 nitrogen and oxygen atoms in total. The molecule has 36 valence electrons. The van der Waals surface area contributed by atoms with Crippen molar-refractivity contribution >= 4 is 18.8 Å². The van der Waals surface area contributed by atoms with E-state index in [1.807, 2.05) is 6.21 Å². The highest BCUT2D eigenvalue weighted by Crippen LogP contribution is 1.75. The van der Waals surface area contributed by atoms with Gasteiger partial charge in [0, 0.05) is 7.05 Å². The summed E-state index contributed by atoms with van der Waals surface area (Å²) in [7, 11) is 1.77. The largest absolute Gasteiger partial charge is 0.301 e. The summed E-state index contributed by atoms with van der Waals surface area (Å²) < 4.78 is 0. The van der Waals surface area contributed by atoms with Crippen LogP contribution in [0.1, 0.15) is 6.42 Å². The summed E-state index contributed by atoms with van der Waals surface area (Å²) in [5, 5.41) is 0. The van der Waals surface area contributed by atoms with Gasteiger partial charge in [0.2, 0.25) is 0 Å². The van der Waals surface area contributed by atoms with Crippen molar-refractivity contribution in [3.63, 3.8) is 0 Å². The van der Waals surface area contributed by atoms with Gasteiger partial charge < -0.3 is 4.99 Å². The van der Waals surface area contributed by atoms with Gasteiger partial charge in [-0.1, -0.05) is 0 Å². The molecule has 0 amide bonds. The quantitative estimate of drug-likeness (QED) is 0.395. The van der Waals surface area contributed by atoms with Crippen LogP contribution >= 0.6 is 12.6 Å². The zero-order chi connectivity index (χ0) is 4.83. The fourth-order valence-electron chi connectivity index (χ4n) is 0.187. The summed E-state index contributed by atoms with van der Waals surface area (Å²) in [6, 6.07) is 0. The molecule has 0 fully saturated rings. The van der Waals surface area contributed by atoms with Crippen LogP contribution in [-0.4, -0.2) is 19.0 Å².